The Morgan fingerprint density at radius 1 is 0.926 bits per heavy atom. The Balaban J connectivity index is 1.83. The quantitative estimate of drug-likeness (QED) is 0.692. The van der Waals surface area contributed by atoms with Crippen LogP contribution in [0.15, 0.2) is 54.6 Å². The summed E-state index contributed by atoms with van der Waals surface area (Å²) in [6.45, 7) is 6.05. The molecule has 1 amide bonds. The number of hydrogen-bond acceptors (Lipinski definition) is 3. The Morgan fingerprint density at radius 3 is 2.11 bits per heavy atom. The van der Waals surface area contributed by atoms with Crippen LogP contribution < -0.4 is 10.0 Å². The van der Waals surface area contributed by atoms with Crippen LogP contribution in [0.4, 0.5) is 0 Å². The first-order chi connectivity index (χ1) is 12.7. The first-order valence-corrected chi connectivity index (χ1v) is 10.8. The van der Waals surface area contributed by atoms with Gasteiger partial charge < -0.3 is 5.32 Å². The van der Waals surface area contributed by atoms with E-state index in [1.54, 1.807) is 26.0 Å². The normalized spacial score (nSPS) is 12.7. The van der Waals surface area contributed by atoms with Crippen LogP contribution in [0.1, 0.15) is 49.8 Å². The van der Waals surface area contributed by atoms with Crippen molar-refractivity contribution in [1.29, 1.82) is 0 Å². The molecule has 1 unspecified atom stereocenters. The van der Waals surface area contributed by atoms with Crippen LogP contribution in [0.2, 0.25) is 0 Å². The molecule has 1 atom stereocenters. The van der Waals surface area contributed by atoms with Gasteiger partial charge in [-0.2, -0.15) is 0 Å². The fourth-order valence-electron chi connectivity index (χ4n) is 2.82. The van der Waals surface area contributed by atoms with Gasteiger partial charge in [-0.1, -0.05) is 61.5 Å². The average Bonchev–Trinajstić information content (AvgIpc) is 2.60. The van der Waals surface area contributed by atoms with Crippen LogP contribution in [0.3, 0.4) is 0 Å². The molecule has 27 heavy (non-hydrogen) atoms. The van der Waals surface area contributed by atoms with Crippen molar-refractivity contribution in [2.24, 2.45) is 0 Å². The molecular formula is C21H28N2O3S. The highest BCUT2D eigenvalue weighted by atomic mass is 32.2. The predicted molar refractivity (Wildman–Crippen MR) is 109 cm³/mol. The summed E-state index contributed by atoms with van der Waals surface area (Å²) in [4.78, 5) is 12.2. The van der Waals surface area contributed by atoms with Crippen LogP contribution in [0.25, 0.3) is 0 Å². The molecule has 0 radical (unpaired) electrons. The molecule has 2 aromatic carbocycles. The van der Waals surface area contributed by atoms with Gasteiger partial charge in [-0.15, -0.1) is 0 Å². The second-order valence-electron chi connectivity index (χ2n) is 7.14. The molecule has 0 spiro atoms. The third-order valence-corrected chi connectivity index (χ3v) is 5.69. The smallest absolute Gasteiger partial charge is 0.220 e. The van der Waals surface area contributed by atoms with E-state index in [-0.39, 0.29) is 23.6 Å². The summed E-state index contributed by atoms with van der Waals surface area (Å²) >= 11 is 0. The Labute approximate surface area is 162 Å². The van der Waals surface area contributed by atoms with Crippen LogP contribution >= 0.6 is 0 Å². The number of nitrogens with one attached hydrogen (secondary N) is 2. The fourth-order valence-corrected chi connectivity index (χ4v) is 4.26. The van der Waals surface area contributed by atoms with E-state index in [0.29, 0.717) is 13.0 Å². The van der Waals surface area contributed by atoms with Gasteiger partial charge in [-0.05, 0) is 36.5 Å². The fraction of sp³-hybridized carbons (Fsp3) is 0.381. The van der Waals surface area contributed by atoms with Crippen molar-refractivity contribution < 1.29 is 13.2 Å². The minimum Gasteiger partial charge on any atom is -0.352 e. The molecule has 0 bridgehead atoms. The number of rotatable bonds is 9. The van der Waals surface area contributed by atoms with Crippen molar-refractivity contribution in [3.8, 4) is 0 Å². The van der Waals surface area contributed by atoms with Gasteiger partial charge in [0.1, 0.15) is 0 Å². The standard InChI is InChI=1S/C21H28N2O3S/c1-16(2)23-27(25,26)15-19-11-9-18(10-12-19)14-22-21(24)13-17(3)20-7-5-4-6-8-20/h4-12,16-17,23H,13-15H2,1-3H3,(H,22,24). The summed E-state index contributed by atoms with van der Waals surface area (Å²) in [6.07, 6.45) is 0.432. The number of sulfonamides is 1. The molecule has 2 N–H and O–H groups in total. The molecule has 0 saturated heterocycles. The van der Waals surface area contributed by atoms with E-state index in [1.807, 2.05) is 49.4 Å². The monoisotopic (exact) mass is 388 g/mol. The van der Waals surface area contributed by atoms with Gasteiger partial charge in [0.2, 0.25) is 15.9 Å². The zero-order valence-corrected chi connectivity index (χ0v) is 16.9. The van der Waals surface area contributed by atoms with E-state index in [0.717, 1.165) is 16.7 Å². The third-order valence-electron chi connectivity index (χ3n) is 4.14. The van der Waals surface area contributed by atoms with Gasteiger partial charge in [0.05, 0.1) is 5.75 Å². The van der Waals surface area contributed by atoms with Crippen molar-refractivity contribution in [2.45, 2.75) is 51.4 Å². The molecule has 0 aliphatic rings. The van der Waals surface area contributed by atoms with Crippen molar-refractivity contribution >= 4 is 15.9 Å². The van der Waals surface area contributed by atoms with Crippen molar-refractivity contribution in [1.82, 2.24) is 10.0 Å². The molecule has 0 heterocycles. The summed E-state index contributed by atoms with van der Waals surface area (Å²) in [5.74, 6) is 0.109. The summed E-state index contributed by atoms with van der Waals surface area (Å²) in [6, 6.07) is 17.1. The number of amides is 1. The number of hydrogen-bond donors (Lipinski definition) is 2. The van der Waals surface area contributed by atoms with Gasteiger partial charge in [-0.25, -0.2) is 13.1 Å². The SMILES string of the molecule is CC(C)NS(=O)(=O)Cc1ccc(CNC(=O)CC(C)c2ccccc2)cc1. The Morgan fingerprint density at radius 2 is 1.52 bits per heavy atom. The van der Waals surface area contributed by atoms with E-state index in [1.165, 1.54) is 0 Å². The van der Waals surface area contributed by atoms with Crippen LogP contribution in [0, 0.1) is 0 Å². The van der Waals surface area contributed by atoms with Crippen LogP contribution in [0.5, 0.6) is 0 Å². The van der Waals surface area contributed by atoms with Crippen LogP contribution in [-0.2, 0) is 27.1 Å². The van der Waals surface area contributed by atoms with Gasteiger partial charge >= 0.3 is 0 Å². The van der Waals surface area contributed by atoms with E-state index < -0.39 is 10.0 Å². The highest BCUT2D eigenvalue weighted by molar-refractivity contribution is 7.88. The highest BCUT2D eigenvalue weighted by Gasteiger charge is 2.13. The topological polar surface area (TPSA) is 75.3 Å². The molecule has 0 saturated carbocycles. The Bertz CT molecular complexity index is 831. The first-order valence-electron chi connectivity index (χ1n) is 9.14. The minimum atomic E-state index is -3.33. The molecule has 0 aliphatic carbocycles. The van der Waals surface area contributed by atoms with Gasteiger partial charge in [0, 0.05) is 19.0 Å². The van der Waals surface area contributed by atoms with E-state index in [9.17, 15) is 13.2 Å². The van der Waals surface area contributed by atoms with E-state index in [4.69, 9.17) is 0 Å². The highest BCUT2D eigenvalue weighted by Crippen LogP contribution is 2.18. The number of carbonyl (C=O) groups excluding carboxylic acids is 1. The molecule has 0 aliphatic heterocycles. The van der Waals surface area contributed by atoms with Crippen molar-refractivity contribution in [3.05, 3.63) is 71.3 Å². The van der Waals surface area contributed by atoms with Gasteiger partial charge in [0.15, 0.2) is 0 Å². The number of carbonyl (C=O) groups is 1. The summed E-state index contributed by atoms with van der Waals surface area (Å²) in [5.41, 5.74) is 2.80. The lowest BCUT2D eigenvalue weighted by Crippen LogP contribution is -2.31. The molecule has 2 rings (SSSR count). The molecule has 5 nitrogen and oxygen atoms in total. The summed E-state index contributed by atoms with van der Waals surface area (Å²) < 4.78 is 26.5. The Hall–Kier alpha value is -2.18. The third kappa shape index (κ3) is 7.53. The maximum atomic E-state index is 12.2. The van der Waals surface area contributed by atoms with Gasteiger partial charge in [0.25, 0.3) is 0 Å². The molecule has 6 heteroatoms. The van der Waals surface area contributed by atoms with Crippen molar-refractivity contribution in [3.63, 3.8) is 0 Å². The second-order valence-corrected chi connectivity index (χ2v) is 8.89. The average molecular weight is 389 g/mol. The minimum absolute atomic E-state index is 0.000796. The lowest BCUT2D eigenvalue weighted by molar-refractivity contribution is -0.121. The molecule has 0 fully saturated rings. The van der Waals surface area contributed by atoms with Crippen molar-refractivity contribution in [2.75, 3.05) is 0 Å². The zero-order chi connectivity index (χ0) is 19.9. The Kier molecular flexibility index (Phi) is 7.56. The van der Waals surface area contributed by atoms with E-state index in [2.05, 4.69) is 10.0 Å². The summed E-state index contributed by atoms with van der Waals surface area (Å²) in [5, 5.41) is 2.92. The first kappa shape index (κ1) is 21.1. The lowest BCUT2D eigenvalue weighted by atomic mass is 9.97. The lowest BCUT2D eigenvalue weighted by Gasteiger charge is -2.12. The number of benzene rings is 2. The van der Waals surface area contributed by atoms with Gasteiger partial charge in [-0.3, -0.25) is 4.79 Å². The molecule has 146 valence electrons. The molecule has 2 aromatic rings. The maximum Gasteiger partial charge on any atom is 0.220 e. The summed E-state index contributed by atoms with van der Waals surface area (Å²) in [7, 11) is -3.33. The largest absolute Gasteiger partial charge is 0.352 e. The van der Waals surface area contributed by atoms with E-state index >= 15 is 0 Å². The predicted octanol–water partition coefficient (Wildman–Crippen LogP) is 3.32. The van der Waals surface area contributed by atoms with Crippen LogP contribution in [-0.4, -0.2) is 20.4 Å². The zero-order valence-electron chi connectivity index (χ0n) is 16.1. The second kappa shape index (κ2) is 9.67. The maximum absolute atomic E-state index is 12.2. The molecular weight excluding hydrogens is 360 g/mol. The molecule has 0 aromatic heterocycles.